The molecule has 4 rings (SSSR count). The second-order valence-electron chi connectivity index (χ2n) is 7.23. The predicted molar refractivity (Wildman–Crippen MR) is 115 cm³/mol. The average molecular weight is 389 g/mol. The van der Waals surface area contributed by atoms with Crippen molar-refractivity contribution in [3.8, 4) is 0 Å². The molecule has 0 spiro atoms. The highest BCUT2D eigenvalue weighted by Crippen LogP contribution is 2.21. The van der Waals surface area contributed by atoms with Gasteiger partial charge in [-0.05, 0) is 43.2 Å². The molecule has 6 heteroatoms. The molecule has 0 bridgehead atoms. The zero-order valence-electron chi connectivity index (χ0n) is 16.6. The topological polar surface area (TPSA) is 75.3 Å². The number of benzene rings is 1. The summed E-state index contributed by atoms with van der Waals surface area (Å²) in [6.45, 7) is 6.66. The molecular formula is C23H23N3O3. The van der Waals surface area contributed by atoms with Gasteiger partial charge in [0.25, 0.3) is 5.56 Å². The fourth-order valence-electron chi connectivity index (χ4n) is 3.52. The Bertz CT molecular complexity index is 1140. The van der Waals surface area contributed by atoms with Gasteiger partial charge < -0.3 is 14.6 Å². The van der Waals surface area contributed by atoms with Gasteiger partial charge in [-0.25, -0.2) is 4.98 Å². The number of fused-ring (bicyclic) bond motifs is 1. The molecule has 3 heterocycles. The molecule has 6 nitrogen and oxygen atoms in total. The zero-order valence-corrected chi connectivity index (χ0v) is 16.6. The van der Waals surface area contributed by atoms with Crippen LogP contribution in [0.15, 0.2) is 47.3 Å². The number of hydrogen-bond donors (Lipinski definition) is 1. The minimum absolute atomic E-state index is 0.154. The van der Waals surface area contributed by atoms with Gasteiger partial charge in [0.1, 0.15) is 11.5 Å². The molecular weight excluding hydrogens is 366 g/mol. The number of morpholine rings is 1. The molecule has 1 fully saturated rings. The van der Waals surface area contributed by atoms with Gasteiger partial charge in [-0.3, -0.25) is 9.59 Å². The Morgan fingerprint density at radius 3 is 2.55 bits per heavy atom. The number of ketones is 1. The van der Waals surface area contributed by atoms with Crippen molar-refractivity contribution in [1.29, 1.82) is 0 Å². The van der Waals surface area contributed by atoms with Crippen molar-refractivity contribution in [2.75, 3.05) is 31.2 Å². The number of aryl methyl sites for hydroxylation is 2. The summed E-state index contributed by atoms with van der Waals surface area (Å²) in [6.07, 6.45) is 3.17. The number of aromatic nitrogens is 2. The van der Waals surface area contributed by atoms with Gasteiger partial charge in [0.2, 0.25) is 0 Å². The van der Waals surface area contributed by atoms with E-state index in [2.05, 4.69) is 14.9 Å². The van der Waals surface area contributed by atoms with Crippen LogP contribution in [0, 0.1) is 13.8 Å². The summed E-state index contributed by atoms with van der Waals surface area (Å²) in [6, 6.07) is 11.7. The molecule has 1 N–H and O–H groups in total. The Labute approximate surface area is 168 Å². The first-order chi connectivity index (χ1) is 14.0. The van der Waals surface area contributed by atoms with Crippen molar-refractivity contribution in [3.63, 3.8) is 0 Å². The first-order valence-corrected chi connectivity index (χ1v) is 9.68. The maximum atomic E-state index is 12.7. The maximum absolute atomic E-state index is 12.7. The first-order valence-electron chi connectivity index (χ1n) is 9.68. The van der Waals surface area contributed by atoms with E-state index in [1.165, 1.54) is 6.08 Å². The van der Waals surface area contributed by atoms with Crippen molar-refractivity contribution < 1.29 is 9.53 Å². The number of pyridine rings is 2. The molecule has 0 aliphatic carbocycles. The molecule has 3 aromatic rings. The van der Waals surface area contributed by atoms with Gasteiger partial charge in [0.15, 0.2) is 5.78 Å². The highest BCUT2D eigenvalue weighted by molar-refractivity contribution is 6.09. The van der Waals surface area contributed by atoms with E-state index in [1.807, 2.05) is 43.3 Å². The normalized spacial score (nSPS) is 14.6. The van der Waals surface area contributed by atoms with Gasteiger partial charge in [-0.2, -0.15) is 0 Å². The summed E-state index contributed by atoms with van der Waals surface area (Å²) in [5, 5.41) is 0.772. The smallest absolute Gasteiger partial charge is 0.261 e. The second-order valence-corrected chi connectivity index (χ2v) is 7.23. The number of aromatic amines is 1. The molecule has 148 valence electrons. The van der Waals surface area contributed by atoms with E-state index in [4.69, 9.17) is 4.74 Å². The molecule has 0 radical (unpaired) electrons. The summed E-state index contributed by atoms with van der Waals surface area (Å²) < 4.78 is 5.38. The summed E-state index contributed by atoms with van der Waals surface area (Å²) in [5.74, 6) is 0.484. The Balaban J connectivity index is 1.67. The van der Waals surface area contributed by atoms with Crippen molar-refractivity contribution in [3.05, 3.63) is 75.1 Å². The fraction of sp³-hybridized carbons (Fsp3) is 0.261. The van der Waals surface area contributed by atoms with Gasteiger partial charge in [0.05, 0.1) is 18.8 Å². The maximum Gasteiger partial charge on any atom is 0.261 e. The minimum atomic E-state index is -0.416. The number of nitrogens with one attached hydrogen (secondary N) is 1. The lowest BCUT2D eigenvalue weighted by molar-refractivity contribution is 0.104. The lowest BCUT2D eigenvalue weighted by atomic mass is 10.0. The van der Waals surface area contributed by atoms with Crippen LogP contribution in [0.2, 0.25) is 0 Å². The number of allylic oxidation sites excluding steroid dienone is 1. The molecule has 1 aliphatic rings. The van der Waals surface area contributed by atoms with Crippen LogP contribution in [0.5, 0.6) is 0 Å². The van der Waals surface area contributed by atoms with Crippen LogP contribution in [0.4, 0.5) is 5.82 Å². The Hall–Kier alpha value is -3.25. The molecule has 29 heavy (non-hydrogen) atoms. The van der Waals surface area contributed by atoms with Gasteiger partial charge in [0, 0.05) is 18.5 Å². The van der Waals surface area contributed by atoms with Crippen molar-refractivity contribution in [2.45, 2.75) is 13.8 Å². The average Bonchev–Trinajstić information content (AvgIpc) is 2.73. The summed E-state index contributed by atoms with van der Waals surface area (Å²) in [4.78, 5) is 34.9. The van der Waals surface area contributed by atoms with Crippen LogP contribution in [0.25, 0.3) is 17.1 Å². The molecule has 1 saturated heterocycles. The van der Waals surface area contributed by atoms with E-state index in [-0.39, 0.29) is 11.3 Å². The highest BCUT2D eigenvalue weighted by Gasteiger charge is 2.17. The number of carbonyl (C=O) groups is 1. The first kappa shape index (κ1) is 19.1. The zero-order chi connectivity index (χ0) is 20.4. The molecule has 0 amide bonds. The number of carbonyl (C=O) groups excluding carboxylic acids is 1. The van der Waals surface area contributed by atoms with Gasteiger partial charge in [-0.15, -0.1) is 0 Å². The lowest BCUT2D eigenvalue weighted by Gasteiger charge is -2.27. The monoisotopic (exact) mass is 389 g/mol. The third kappa shape index (κ3) is 3.98. The quantitative estimate of drug-likeness (QED) is 0.548. The fourth-order valence-corrected chi connectivity index (χ4v) is 3.52. The van der Waals surface area contributed by atoms with Crippen LogP contribution >= 0.6 is 0 Å². The standard InChI is InChI=1S/C23H23N3O3/c1-15-3-5-17(6-4-15)7-9-19(27)21-16(2)18-8-10-20(24-22(18)25-23(21)28)26-11-13-29-14-12-26/h3-10H,11-14H2,1-2H3,(H,24,25,28). The third-order valence-corrected chi connectivity index (χ3v) is 5.20. The molecule has 2 aromatic heterocycles. The van der Waals surface area contributed by atoms with Crippen molar-refractivity contribution in [2.24, 2.45) is 0 Å². The minimum Gasteiger partial charge on any atom is -0.378 e. The Morgan fingerprint density at radius 1 is 1.10 bits per heavy atom. The number of rotatable bonds is 4. The number of H-pyrrole nitrogens is 1. The predicted octanol–water partition coefficient (Wildman–Crippen LogP) is 3.27. The number of ether oxygens (including phenoxy) is 1. The Kier molecular flexibility index (Phi) is 5.27. The van der Waals surface area contributed by atoms with Crippen LogP contribution in [-0.4, -0.2) is 42.1 Å². The number of anilines is 1. The lowest BCUT2D eigenvalue weighted by Crippen LogP contribution is -2.36. The third-order valence-electron chi connectivity index (χ3n) is 5.20. The number of hydrogen-bond acceptors (Lipinski definition) is 5. The number of nitrogens with zero attached hydrogens (tertiary/aromatic N) is 2. The molecule has 1 aliphatic heterocycles. The van der Waals surface area contributed by atoms with E-state index >= 15 is 0 Å². The van der Waals surface area contributed by atoms with E-state index in [9.17, 15) is 9.59 Å². The van der Waals surface area contributed by atoms with E-state index in [1.54, 1.807) is 13.0 Å². The molecule has 0 saturated carbocycles. The van der Waals surface area contributed by atoms with Crippen LogP contribution in [0.3, 0.4) is 0 Å². The molecule has 0 unspecified atom stereocenters. The van der Waals surface area contributed by atoms with Crippen LogP contribution < -0.4 is 10.5 Å². The highest BCUT2D eigenvalue weighted by atomic mass is 16.5. The van der Waals surface area contributed by atoms with Gasteiger partial charge >= 0.3 is 0 Å². The Morgan fingerprint density at radius 2 is 1.83 bits per heavy atom. The van der Waals surface area contributed by atoms with Crippen molar-refractivity contribution >= 4 is 28.7 Å². The second kappa shape index (κ2) is 8.01. The van der Waals surface area contributed by atoms with E-state index < -0.39 is 5.56 Å². The van der Waals surface area contributed by atoms with Crippen molar-refractivity contribution in [1.82, 2.24) is 9.97 Å². The molecule has 0 atom stereocenters. The van der Waals surface area contributed by atoms with E-state index in [0.717, 1.165) is 35.4 Å². The van der Waals surface area contributed by atoms with Crippen LogP contribution in [0.1, 0.15) is 27.0 Å². The van der Waals surface area contributed by atoms with E-state index in [0.29, 0.717) is 24.4 Å². The molecule has 1 aromatic carbocycles. The SMILES string of the molecule is Cc1ccc(C=CC(=O)c2c(C)c3ccc(N4CCOCC4)nc3[nH]c2=O)cc1. The van der Waals surface area contributed by atoms with Gasteiger partial charge in [-0.1, -0.05) is 35.9 Å². The summed E-state index contributed by atoms with van der Waals surface area (Å²) in [7, 11) is 0. The van der Waals surface area contributed by atoms with Crippen LogP contribution in [-0.2, 0) is 4.74 Å². The largest absolute Gasteiger partial charge is 0.378 e. The summed E-state index contributed by atoms with van der Waals surface area (Å²) >= 11 is 0. The summed E-state index contributed by atoms with van der Waals surface area (Å²) in [5.41, 5.74) is 2.94.